The van der Waals surface area contributed by atoms with Gasteiger partial charge in [0.2, 0.25) is 5.91 Å². The number of imide groups is 1. The number of thioether (sulfide) groups is 1. The number of fused-ring (bicyclic) bond motifs is 1. The summed E-state index contributed by atoms with van der Waals surface area (Å²) in [6, 6.07) is 14.9. The molecule has 0 bridgehead atoms. The van der Waals surface area contributed by atoms with Gasteiger partial charge < -0.3 is 9.88 Å². The van der Waals surface area contributed by atoms with Gasteiger partial charge in [-0.15, -0.1) is 0 Å². The van der Waals surface area contributed by atoms with Crippen molar-refractivity contribution in [3.8, 4) is 0 Å². The fourth-order valence-corrected chi connectivity index (χ4v) is 6.13. The highest BCUT2D eigenvalue weighted by molar-refractivity contribution is 8.18. The van der Waals surface area contributed by atoms with Gasteiger partial charge in [-0.1, -0.05) is 74.7 Å². The number of Topliss-reactive ketones (excluding diaryl/α,β-unsaturated/α-hetero) is 1. The Hall–Kier alpha value is -3.65. The molecular formula is C30H31N3O4S. The van der Waals surface area contributed by atoms with Crippen LogP contribution >= 0.6 is 11.8 Å². The van der Waals surface area contributed by atoms with E-state index in [4.69, 9.17) is 0 Å². The second-order valence-electron chi connectivity index (χ2n) is 9.84. The third-order valence-corrected chi connectivity index (χ3v) is 8.14. The lowest BCUT2D eigenvalue weighted by atomic mass is 9.95. The van der Waals surface area contributed by atoms with Crippen molar-refractivity contribution in [1.29, 1.82) is 0 Å². The number of amides is 3. The lowest BCUT2D eigenvalue weighted by molar-refractivity contribution is -0.123. The first kappa shape index (κ1) is 26.0. The van der Waals surface area contributed by atoms with E-state index in [0.717, 1.165) is 70.8 Å². The van der Waals surface area contributed by atoms with Gasteiger partial charge in [-0.05, 0) is 42.7 Å². The summed E-state index contributed by atoms with van der Waals surface area (Å²) in [6.07, 6.45) is 9.94. The molecule has 2 fully saturated rings. The van der Waals surface area contributed by atoms with Crippen molar-refractivity contribution in [3.05, 3.63) is 76.3 Å². The van der Waals surface area contributed by atoms with Crippen LogP contribution in [0.4, 0.5) is 4.79 Å². The summed E-state index contributed by atoms with van der Waals surface area (Å²) in [5.74, 6) is -0.791. The number of hydrogen-bond acceptors (Lipinski definition) is 5. The average molecular weight is 530 g/mol. The fraction of sp³-hybridized carbons (Fsp3) is 0.333. The molecule has 2 aliphatic rings. The first-order valence-electron chi connectivity index (χ1n) is 13.2. The van der Waals surface area contributed by atoms with E-state index in [2.05, 4.69) is 12.2 Å². The molecule has 0 spiro atoms. The maximum atomic E-state index is 13.1. The van der Waals surface area contributed by atoms with Gasteiger partial charge in [0.05, 0.1) is 17.0 Å². The number of aryl methyl sites for hydroxylation is 1. The van der Waals surface area contributed by atoms with Gasteiger partial charge in [-0.3, -0.25) is 24.1 Å². The van der Waals surface area contributed by atoms with Crippen LogP contribution in [0.1, 0.15) is 60.5 Å². The van der Waals surface area contributed by atoms with Crippen molar-refractivity contribution >= 4 is 51.6 Å². The van der Waals surface area contributed by atoms with E-state index in [1.54, 1.807) is 36.4 Å². The van der Waals surface area contributed by atoms with Crippen molar-refractivity contribution < 1.29 is 19.2 Å². The molecule has 0 atom stereocenters. The zero-order valence-corrected chi connectivity index (χ0v) is 22.3. The van der Waals surface area contributed by atoms with Gasteiger partial charge in [-0.25, -0.2) is 0 Å². The fourth-order valence-electron chi connectivity index (χ4n) is 5.30. The number of ketones is 1. The molecule has 1 N–H and O–H groups in total. The van der Waals surface area contributed by atoms with Crippen molar-refractivity contribution in [3.63, 3.8) is 0 Å². The van der Waals surface area contributed by atoms with E-state index < -0.39 is 11.1 Å². The number of nitrogens with zero attached hydrogens (tertiary/aromatic N) is 2. The summed E-state index contributed by atoms with van der Waals surface area (Å²) in [5, 5.41) is 3.64. The summed E-state index contributed by atoms with van der Waals surface area (Å²) >= 11 is 0.837. The van der Waals surface area contributed by atoms with Gasteiger partial charge >= 0.3 is 0 Å². The first-order valence-corrected chi connectivity index (χ1v) is 14.0. The number of rotatable bonds is 8. The van der Waals surface area contributed by atoms with Crippen LogP contribution in [0, 0.1) is 0 Å². The van der Waals surface area contributed by atoms with Gasteiger partial charge in [-0.2, -0.15) is 0 Å². The molecule has 3 aromatic rings. The summed E-state index contributed by atoms with van der Waals surface area (Å²) in [7, 11) is 0. The van der Waals surface area contributed by atoms with Crippen molar-refractivity contribution in [1.82, 2.24) is 14.8 Å². The highest BCUT2D eigenvalue weighted by Crippen LogP contribution is 2.35. The van der Waals surface area contributed by atoms with E-state index in [1.807, 2.05) is 29.0 Å². The predicted octanol–water partition coefficient (Wildman–Crippen LogP) is 5.57. The molecule has 8 heteroatoms. The monoisotopic (exact) mass is 529 g/mol. The lowest BCUT2D eigenvalue weighted by Gasteiger charge is -2.23. The maximum absolute atomic E-state index is 13.1. The number of nitrogens with one attached hydrogen (secondary N) is 1. The predicted molar refractivity (Wildman–Crippen MR) is 150 cm³/mol. The van der Waals surface area contributed by atoms with Crippen molar-refractivity contribution in [2.45, 2.75) is 58.0 Å². The normalized spacial score (nSPS) is 17.5. The standard InChI is InChI=1S/C30H31N3O4S/c1-2-20-12-9-15-24-22(17-32(28(20)24)19-27(35)31-23-13-7-4-8-14-23)16-26-29(36)33(30(37)38-26)18-25(34)21-10-5-3-6-11-21/h3,5-6,9-12,15-17,23H,2,4,7-8,13-14,18-19H2,1H3,(H,31,35)/b26-16-. The van der Waals surface area contributed by atoms with Crippen LogP contribution < -0.4 is 5.32 Å². The molecule has 1 saturated heterocycles. The Labute approximate surface area is 226 Å². The number of benzene rings is 2. The zero-order valence-electron chi connectivity index (χ0n) is 21.4. The minimum Gasteiger partial charge on any atom is -0.352 e. The number of para-hydroxylation sites is 1. The van der Waals surface area contributed by atoms with Crippen LogP contribution in [0.5, 0.6) is 0 Å². The minimum atomic E-state index is -0.480. The Bertz CT molecular complexity index is 1420. The quantitative estimate of drug-likeness (QED) is 0.304. The second-order valence-corrected chi connectivity index (χ2v) is 10.8. The highest BCUT2D eigenvalue weighted by atomic mass is 32.2. The molecule has 7 nitrogen and oxygen atoms in total. The SMILES string of the molecule is CCc1cccc2c(/C=C3\SC(=O)N(CC(=O)c4ccccc4)C3=O)cn(CC(=O)NC3CCCCC3)c12. The molecule has 1 aliphatic heterocycles. The number of aromatic nitrogens is 1. The van der Waals surface area contributed by atoms with Crippen LogP contribution in [0.3, 0.4) is 0 Å². The molecule has 0 radical (unpaired) electrons. The van der Waals surface area contributed by atoms with E-state index in [9.17, 15) is 19.2 Å². The smallest absolute Gasteiger partial charge is 0.293 e. The molecule has 38 heavy (non-hydrogen) atoms. The summed E-state index contributed by atoms with van der Waals surface area (Å²) < 4.78 is 1.95. The molecule has 0 unspecified atom stereocenters. The molecule has 2 aromatic carbocycles. The van der Waals surface area contributed by atoms with E-state index in [0.29, 0.717) is 5.56 Å². The van der Waals surface area contributed by atoms with Crippen molar-refractivity contribution in [2.75, 3.05) is 6.54 Å². The lowest BCUT2D eigenvalue weighted by Crippen LogP contribution is -2.38. The van der Waals surface area contributed by atoms with E-state index >= 15 is 0 Å². The molecule has 196 valence electrons. The van der Waals surface area contributed by atoms with Crippen molar-refractivity contribution in [2.24, 2.45) is 0 Å². The molecule has 1 saturated carbocycles. The van der Waals surface area contributed by atoms with Gasteiger partial charge in [0.1, 0.15) is 6.54 Å². The Morgan fingerprint density at radius 3 is 2.50 bits per heavy atom. The Morgan fingerprint density at radius 1 is 1.00 bits per heavy atom. The van der Waals surface area contributed by atoms with Crippen LogP contribution in [-0.4, -0.2) is 44.9 Å². The third-order valence-electron chi connectivity index (χ3n) is 7.24. The number of carbonyl (C=O) groups excluding carboxylic acids is 4. The molecule has 1 aromatic heterocycles. The maximum Gasteiger partial charge on any atom is 0.293 e. The Morgan fingerprint density at radius 2 is 1.76 bits per heavy atom. The summed E-state index contributed by atoms with van der Waals surface area (Å²) in [5.41, 5.74) is 3.28. The highest BCUT2D eigenvalue weighted by Gasteiger charge is 2.36. The summed E-state index contributed by atoms with van der Waals surface area (Å²) in [6.45, 7) is 1.96. The minimum absolute atomic E-state index is 0.0222. The van der Waals surface area contributed by atoms with Crippen LogP contribution in [-0.2, 0) is 22.6 Å². The largest absolute Gasteiger partial charge is 0.352 e. The zero-order chi connectivity index (χ0) is 26.6. The Balaban J connectivity index is 1.40. The van der Waals surface area contributed by atoms with Crippen LogP contribution in [0.15, 0.2) is 59.6 Å². The number of hydrogen-bond donors (Lipinski definition) is 1. The third kappa shape index (κ3) is 5.45. The van der Waals surface area contributed by atoms with Gasteiger partial charge in [0.15, 0.2) is 5.78 Å². The summed E-state index contributed by atoms with van der Waals surface area (Å²) in [4.78, 5) is 52.7. The average Bonchev–Trinajstić information content (AvgIpc) is 3.41. The van der Waals surface area contributed by atoms with Crippen LogP contribution in [0.25, 0.3) is 17.0 Å². The molecule has 2 heterocycles. The number of carbonyl (C=O) groups is 4. The second kappa shape index (κ2) is 11.4. The molecular weight excluding hydrogens is 498 g/mol. The molecule has 1 aliphatic carbocycles. The molecule has 3 amide bonds. The Kier molecular flexibility index (Phi) is 7.79. The first-order chi connectivity index (χ1) is 18.4. The molecule has 5 rings (SSSR count). The van der Waals surface area contributed by atoms with E-state index in [-0.39, 0.29) is 35.7 Å². The van der Waals surface area contributed by atoms with Crippen LogP contribution in [0.2, 0.25) is 0 Å². The topological polar surface area (TPSA) is 88.5 Å². The van der Waals surface area contributed by atoms with Gasteiger partial charge in [0.25, 0.3) is 11.1 Å². The van der Waals surface area contributed by atoms with E-state index in [1.165, 1.54) is 6.42 Å². The van der Waals surface area contributed by atoms with Gasteiger partial charge in [0, 0.05) is 28.8 Å².